The van der Waals surface area contributed by atoms with Gasteiger partial charge >= 0.3 is 0 Å². The highest BCUT2D eigenvalue weighted by atomic mass is 32.1. The highest BCUT2D eigenvalue weighted by Crippen LogP contribution is 2.27. The van der Waals surface area contributed by atoms with Gasteiger partial charge in [0.1, 0.15) is 10.3 Å². The van der Waals surface area contributed by atoms with E-state index in [0.29, 0.717) is 15.9 Å². The predicted molar refractivity (Wildman–Crippen MR) is 111 cm³/mol. The Morgan fingerprint density at radius 3 is 2.48 bits per heavy atom. The topological polar surface area (TPSA) is 113 Å². The maximum Gasteiger partial charge on any atom is 0.281 e. The second-order valence-electron chi connectivity index (χ2n) is 6.90. The summed E-state index contributed by atoms with van der Waals surface area (Å²) in [5.41, 5.74) is 1.32. The van der Waals surface area contributed by atoms with E-state index in [0.717, 1.165) is 5.56 Å². The maximum absolute atomic E-state index is 12.8. The molecular formula is C20H18N6O2S. The minimum absolute atomic E-state index is 0.277. The number of nitrogens with zero attached hydrogens (tertiary/aromatic N) is 3. The van der Waals surface area contributed by atoms with Crippen LogP contribution in [0, 0.1) is 0 Å². The number of aromatic nitrogens is 4. The van der Waals surface area contributed by atoms with Gasteiger partial charge in [0.2, 0.25) is 0 Å². The summed E-state index contributed by atoms with van der Waals surface area (Å²) in [4.78, 5) is 34.0. The molecule has 8 nitrogen and oxygen atoms in total. The third-order valence-electron chi connectivity index (χ3n) is 4.41. The summed E-state index contributed by atoms with van der Waals surface area (Å²) in [6, 6.07) is 12.9. The van der Waals surface area contributed by atoms with Gasteiger partial charge in [0.15, 0.2) is 10.8 Å². The van der Waals surface area contributed by atoms with Gasteiger partial charge in [-0.1, -0.05) is 41.7 Å². The Labute approximate surface area is 170 Å². The zero-order valence-corrected chi connectivity index (χ0v) is 16.6. The number of benzene rings is 1. The zero-order chi connectivity index (χ0) is 20.4. The van der Waals surface area contributed by atoms with Gasteiger partial charge in [0.05, 0.1) is 5.54 Å². The van der Waals surface area contributed by atoms with Crippen LogP contribution in [-0.4, -0.2) is 32.0 Å². The van der Waals surface area contributed by atoms with Crippen LogP contribution in [0.2, 0.25) is 0 Å². The van der Waals surface area contributed by atoms with E-state index in [2.05, 4.69) is 30.8 Å². The van der Waals surface area contributed by atoms with E-state index in [1.807, 2.05) is 44.2 Å². The number of anilines is 1. The third kappa shape index (κ3) is 3.85. The number of thiazole rings is 1. The molecule has 0 unspecified atom stereocenters. The first kappa shape index (κ1) is 18.8. The van der Waals surface area contributed by atoms with Crippen LogP contribution < -0.4 is 10.6 Å². The number of pyridine rings is 1. The molecule has 2 amide bonds. The van der Waals surface area contributed by atoms with Crippen molar-refractivity contribution in [3.05, 3.63) is 71.0 Å². The molecule has 0 saturated heterocycles. The Hall–Kier alpha value is -3.59. The van der Waals surface area contributed by atoms with Crippen molar-refractivity contribution in [2.45, 2.75) is 19.4 Å². The van der Waals surface area contributed by atoms with Crippen LogP contribution in [-0.2, 0) is 5.54 Å². The lowest BCUT2D eigenvalue weighted by atomic mass is 9.94. The van der Waals surface area contributed by atoms with Crippen molar-refractivity contribution in [3.63, 3.8) is 0 Å². The first-order chi connectivity index (χ1) is 13.9. The maximum atomic E-state index is 12.8. The normalized spacial score (nSPS) is 11.4. The molecule has 0 fully saturated rings. The molecule has 1 aromatic carbocycles. The van der Waals surface area contributed by atoms with Crippen molar-refractivity contribution in [1.29, 1.82) is 0 Å². The second kappa shape index (κ2) is 7.44. The van der Waals surface area contributed by atoms with Gasteiger partial charge in [-0.05, 0) is 31.5 Å². The summed E-state index contributed by atoms with van der Waals surface area (Å²) in [5.74, 6) is -0.343. The van der Waals surface area contributed by atoms with Gasteiger partial charge < -0.3 is 10.6 Å². The molecular weight excluding hydrogens is 388 g/mol. The average Bonchev–Trinajstić information content (AvgIpc) is 3.31. The monoisotopic (exact) mass is 406 g/mol. The number of hydrogen-bond donors (Lipinski definition) is 3. The number of amides is 2. The van der Waals surface area contributed by atoms with Crippen molar-refractivity contribution in [2.75, 3.05) is 5.32 Å². The Morgan fingerprint density at radius 2 is 1.76 bits per heavy atom. The van der Waals surface area contributed by atoms with Crippen molar-refractivity contribution >= 4 is 39.3 Å². The number of aromatic amines is 1. The average molecular weight is 406 g/mol. The van der Waals surface area contributed by atoms with Crippen LogP contribution in [0.1, 0.15) is 39.6 Å². The van der Waals surface area contributed by atoms with Crippen LogP contribution >= 0.6 is 11.3 Å². The molecule has 0 radical (unpaired) electrons. The molecule has 29 heavy (non-hydrogen) atoms. The van der Waals surface area contributed by atoms with Crippen molar-refractivity contribution < 1.29 is 9.59 Å². The molecule has 0 aliphatic carbocycles. The fraction of sp³-hybridized carbons (Fsp3) is 0.150. The highest BCUT2D eigenvalue weighted by Gasteiger charge is 2.26. The van der Waals surface area contributed by atoms with Gasteiger partial charge in [0, 0.05) is 18.0 Å². The highest BCUT2D eigenvalue weighted by molar-refractivity contribution is 7.20. The Morgan fingerprint density at radius 1 is 1.03 bits per heavy atom. The number of carbonyl (C=O) groups excluding carboxylic acids is 2. The summed E-state index contributed by atoms with van der Waals surface area (Å²) < 4.78 is 0. The molecule has 0 aliphatic heterocycles. The van der Waals surface area contributed by atoms with Crippen LogP contribution in [0.25, 0.3) is 10.3 Å². The first-order valence-electron chi connectivity index (χ1n) is 8.88. The van der Waals surface area contributed by atoms with Crippen LogP contribution in [0.4, 0.5) is 5.82 Å². The molecule has 3 heterocycles. The quantitative estimate of drug-likeness (QED) is 0.471. The molecule has 3 aromatic heterocycles. The SMILES string of the molecule is CC(C)(NC(=O)c1nc2c(NC(=O)c3ccncc3)n[nH]c2s1)c1ccccc1. The zero-order valence-electron chi connectivity index (χ0n) is 15.8. The Kier molecular flexibility index (Phi) is 4.81. The van der Waals surface area contributed by atoms with Crippen LogP contribution in [0.3, 0.4) is 0 Å². The Balaban J connectivity index is 1.54. The first-order valence-corrected chi connectivity index (χ1v) is 9.70. The minimum Gasteiger partial charge on any atom is -0.341 e. The summed E-state index contributed by atoms with van der Waals surface area (Å²) in [7, 11) is 0. The molecule has 146 valence electrons. The number of carbonyl (C=O) groups is 2. The molecule has 0 saturated carbocycles. The number of nitrogens with one attached hydrogen (secondary N) is 3. The molecule has 3 N–H and O–H groups in total. The lowest BCUT2D eigenvalue weighted by Gasteiger charge is -2.26. The molecule has 4 aromatic rings. The van der Waals surface area contributed by atoms with Crippen LogP contribution in [0.15, 0.2) is 54.9 Å². The molecule has 0 aliphatic rings. The van der Waals surface area contributed by atoms with Gasteiger partial charge in [-0.25, -0.2) is 4.98 Å². The van der Waals surface area contributed by atoms with Gasteiger partial charge in [-0.15, -0.1) is 0 Å². The lowest BCUT2D eigenvalue weighted by molar-refractivity contribution is 0.0911. The van der Waals surface area contributed by atoms with Gasteiger partial charge in [-0.3, -0.25) is 19.7 Å². The van der Waals surface area contributed by atoms with E-state index in [1.54, 1.807) is 12.1 Å². The van der Waals surface area contributed by atoms with Crippen molar-refractivity contribution in [1.82, 2.24) is 25.5 Å². The van der Waals surface area contributed by atoms with Crippen LogP contribution in [0.5, 0.6) is 0 Å². The molecule has 9 heteroatoms. The van der Waals surface area contributed by atoms with E-state index >= 15 is 0 Å². The lowest BCUT2D eigenvalue weighted by Crippen LogP contribution is -2.40. The third-order valence-corrected chi connectivity index (χ3v) is 5.37. The standard InChI is InChI=1S/C20H18N6O2S/c1-20(2,13-6-4-3-5-7-13)24-17(28)19-22-14-15(25-26-18(14)29-19)23-16(27)12-8-10-21-11-9-12/h3-11H,1-2H3,(H,24,28)(H2,23,25,26,27). The number of H-pyrrole nitrogens is 1. The van der Waals surface area contributed by atoms with E-state index in [9.17, 15) is 9.59 Å². The van der Waals surface area contributed by atoms with E-state index in [1.165, 1.54) is 23.7 Å². The number of rotatable bonds is 5. The van der Waals surface area contributed by atoms with E-state index < -0.39 is 5.54 Å². The predicted octanol–water partition coefficient (Wildman–Crippen LogP) is 3.33. The number of fused-ring (bicyclic) bond motifs is 1. The second-order valence-corrected chi connectivity index (χ2v) is 7.90. The largest absolute Gasteiger partial charge is 0.341 e. The van der Waals surface area contributed by atoms with Crippen molar-refractivity contribution in [2.24, 2.45) is 0 Å². The van der Waals surface area contributed by atoms with E-state index in [4.69, 9.17) is 0 Å². The summed E-state index contributed by atoms with van der Waals surface area (Å²) in [6.07, 6.45) is 3.07. The Bertz CT molecular complexity index is 1170. The summed E-state index contributed by atoms with van der Waals surface area (Å²) >= 11 is 1.18. The van der Waals surface area contributed by atoms with Gasteiger partial charge in [-0.2, -0.15) is 5.10 Å². The molecule has 4 rings (SSSR count). The molecule has 0 atom stereocenters. The fourth-order valence-corrected chi connectivity index (χ4v) is 3.65. The molecule has 0 bridgehead atoms. The van der Waals surface area contributed by atoms with Crippen molar-refractivity contribution in [3.8, 4) is 0 Å². The summed E-state index contributed by atoms with van der Waals surface area (Å²) in [5, 5.41) is 12.9. The van der Waals surface area contributed by atoms with E-state index in [-0.39, 0.29) is 22.6 Å². The summed E-state index contributed by atoms with van der Waals surface area (Å²) in [6.45, 7) is 3.86. The smallest absolute Gasteiger partial charge is 0.281 e. The molecule has 0 spiro atoms. The fourth-order valence-electron chi connectivity index (χ4n) is 2.85. The minimum atomic E-state index is -0.561. The number of hydrogen-bond acceptors (Lipinski definition) is 6. The van der Waals surface area contributed by atoms with Gasteiger partial charge in [0.25, 0.3) is 11.8 Å².